The van der Waals surface area contributed by atoms with E-state index >= 15 is 0 Å². The molecule has 0 radical (unpaired) electrons. The summed E-state index contributed by atoms with van der Waals surface area (Å²) in [6.45, 7) is 2.08. The molecule has 0 unspecified atom stereocenters. The lowest BCUT2D eigenvalue weighted by Gasteiger charge is -2.06. The number of amides is 2. The van der Waals surface area contributed by atoms with Gasteiger partial charge in [-0.05, 0) is 48.9 Å². The van der Waals surface area contributed by atoms with Crippen molar-refractivity contribution in [3.63, 3.8) is 0 Å². The van der Waals surface area contributed by atoms with Gasteiger partial charge in [-0.25, -0.2) is 0 Å². The maximum Gasteiger partial charge on any atom is 0.255 e. The Kier molecular flexibility index (Phi) is 4.41. The third-order valence-corrected chi connectivity index (χ3v) is 4.72. The third-order valence-electron chi connectivity index (χ3n) is 4.72. The van der Waals surface area contributed by atoms with Crippen molar-refractivity contribution in [2.45, 2.75) is 6.92 Å². The molecule has 0 saturated carbocycles. The molecule has 3 aromatic carbocycles. The van der Waals surface area contributed by atoms with Gasteiger partial charge in [-0.2, -0.15) is 0 Å². The number of nitrogens with one attached hydrogen (secondary N) is 2. The molecule has 138 valence electrons. The van der Waals surface area contributed by atoms with Crippen molar-refractivity contribution in [2.75, 3.05) is 5.32 Å². The highest BCUT2D eigenvalue weighted by molar-refractivity contribution is 6.06. The molecular weight excluding hydrogens is 350 g/mol. The number of rotatable bonds is 4. The standard InChI is InChI=1S/C23H19N3O2/c1-14-5-2-3-8-19(14)21-12-15-9-10-18(13-20(15)26-21)25-23(28)17-7-4-6-16(11-17)22(24)27/h2-13,26H,1H3,(H2,24,27)(H,25,28). The number of hydrogen-bond acceptors (Lipinski definition) is 2. The number of carbonyl (C=O) groups is 2. The number of benzene rings is 3. The fourth-order valence-electron chi connectivity index (χ4n) is 3.24. The molecule has 4 aromatic rings. The van der Waals surface area contributed by atoms with E-state index in [1.54, 1.807) is 18.2 Å². The van der Waals surface area contributed by atoms with Crippen LogP contribution >= 0.6 is 0 Å². The van der Waals surface area contributed by atoms with Crippen LogP contribution in [0.5, 0.6) is 0 Å². The van der Waals surface area contributed by atoms with E-state index in [-0.39, 0.29) is 5.91 Å². The van der Waals surface area contributed by atoms with Crippen LogP contribution in [0.15, 0.2) is 72.8 Å². The molecule has 2 amide bonds. The first-order chi connectivity index (χ1) is 13.5. The van der Waals surface area contributed by atoms with Crippen LogP contribution in [0, 0.1) is 6.92 Å². The number of anilines is 1. The predicted molar refractivity (Wildman–Crippen MR) is 111 cm³/mol. The van der Waals surface area contributed by atoms with Crippen molar-refractivity contribution >= 4 is 28.4 Å². The number of carbonyl (C=O) groups excluding carboxylic acids is 2. The fourth-order valence-corrected chi connectivity index (χ4v) is 3.24. The minimum Gasteiger partial charge on any atom is -0.366 e. The SMILES string of the molecule is Cc1ccccc1-c1cc2ccc(NC(=O)c3cccc(C(N)=O)c3)cc2[nH]1. The van der Waals surface area contributed by atoms with E-state index in [0.717, 1.165) is 22.2 Å². The highest BCUT2D eigenvalue weighted by Crippen LogP contribution is 2.28. The molecule has 0 saturated heterocycles. The summed E-state index contributed by atoms with van der Waals surface area (Å²) in [7, 11) is 0. The Labute approximate surface area is 162 Å². The van der Waals surface area contributed by atoms with Crippen molar-refractivity contribution in [3.05, 3.63) is 89.5 Å². The molecule has 1 aromatic heterocycles. The Hall–Kier alpha value is -3.86. The molecule has 0 fully saturated rings. The van der Waals surface area contributed by atoms with Gasteiger partial charge in [-0.1, -0.05) is 36.4 Å². The van der Waals surface area contributed by atoms with E-state index in [2.05, 4.69) is 35.4 Å². The molecule has 5 nitrogen and oxygen atoms in total. The Balaban J connectivity index is 1.61. The molecule has 1 heterocycles. The zero-order valence-corrected chi connectivity index (χ0v) is 15.3. The number of aromatic nitrogens is 1. The molecular formula is C23H19N3O2. The zero-order chi connectivity index (χ0) is 19.7. The highest BCUT2D eigenvalue weighted by Gasteiger charge is 2.11. The fraction of sp³-hybridized carbons (Fsp3) is 0.0435. The van der Waals surface area contributed by atoms with Crippen LogP contribution in [-0.4, -0.2) is 16.8 Å². The maximum atomic E-state index is 12.5. The number of hydrogen-bond donors (Lipinski definition) is 3. The summed E-state index contributed by atoms with van der Waals surface area (Å²) >= 11 is 0. The summed E-state index contributed by atoms with van der Waals surface area (Å²) in [5.74, 6) is -0.862. The van der Waals surface area contributed by atoms with Gasteiger partial charge in [0.15, 0.2) is 0 Å². The number of primary amides is 1. The van der Waals surface area contributed by atoms with Crippen LogP contribution in [0.4, 0.5) is 5.69 Å². The highest BCUT2D eigenvalue weighted by atomic mass is 16.2. The first-order valence-electron chi connectivity index (χ1n) is 8.91. The summed E-state index contributed by atoms with van der Waals surface area (Å²) < 4.78 is 0. The molecule has 0 atom stereocenters. The van der Waals surface area contributed by atoms with Crippen LogP contribution in [0.2, 0.25) is 0 Å². The van der Waals surface area contributed by atoms with Gasteiger partial charge in [0.05, 0.1) is 0 Å². The van der Waals surface area contributed by atoms with E-state index in [4.69, 9.17) is 5.73 Å². The van der Waals surface area contributed by atoms with Gasteiger partial charge in [0.2, 0.25) is 5.91 Å². The second kappa shape index (κ2) is 7.04. The summed E-state index contributed by atoms with van der Waals surface area (Å²) in [6.07, 6.45) is 0. The Morgan fingerprint density at radius 1 is 0.893 bits per heavy atom. The molecule has 5 heteroatoms. The van der Waals surface area contributed by atoms with E-state index in [1.165, 1.54) is 11.6 Å². The molecule has 0 aliphatic heterocycles. The van der Waals surface area contributed by atoms with E-state index in [1.807, 2.05) is 30.3 Å². The van der Waals surface area contributed by atoms with Gasteiger partial charge in [0.1, 0.15) is 0 Å². The number of fused-ring (bicyclic) bond motifs is 1. The monoisotopic (exact) mass is 369 g/mol. The van der Waals surface area contributed by atoms with Crippen LogP contribution in [0.3, 0.4) is 0 Å². The van der Waals surface area contributed by atoms with E-state index in [9.17, 15) is 9.59 Å². The number of aromatic amines is 1. The van der Waals surface area contributed by atoms with Gasteiger partial charge in [-0.15, -0.1) is 0 Å². The molecule has 0 aliphatic carbocycles. The minimum atomic E-state index is -0.564. The second-order valence-electron chi connectivity index (χ2n) is 6.70. The van der Waals surface area contributed by atoms with Crippen molar-refractivity contribution in [1.29, 1.82) is 0 Å². The summed E-state index contributed by atoms with van der Waals surface area (Å²) in [5.41, 5.74) is 10.9. The van der Waals surface area contributed by atoms with Gasteiger partial charge >= 0.3 is 0 Å². The molecule has 0 spiro atoms. The Bertz CT molecular complexity index is 1210. The van der Waals surface area contributed by atoms with Crippen LogP contribution < -0.4 is 11.1 Å². The van der Waals surface area contributed by atoms with Gasteiger partial charge in [0.25, 0.3) is 5.91 Å². The third kappa shape index (κ3) is 3.38. The number of aryl methyl sites for hydroxylation is 1. The average molecular weight is 369 g/mol. The van der Waals surface area contributed by atoms with E-state index in [0.29, 0.717) is 16.8 Å². The van der Waals surface area contributed by atoms with Crippen LogP contribution in [0.25, 0.3) is 22.2 Å². The smallest absolute Gasteiger partial charge is 0.255 e. The van der Waals surface area contributed by atoms with Crippen LogP contribution in [-0.2, 0) is 0 Å². The first kappa shape index (κ1) is 17.5. The van der Waals surface area contributed by atoms with Gasteiger partial charge in [0, 0.05) is 39.0 Å². The van der Waals surface area contributed by atoms with Crippen LogP contribution in [0.1, 0.15) is 26.3 Å². The van der Waals surface area contributed by atoms with Crippen molar-refractivity contribution in [3.8, 4) is 11.3 Å². The average Bonchev–Trinajstić information content (AvgIpc) is 3.11. The van der Waals surface area contributed by atoms with Crippen molar-refractivity contribution in [1.82, 2.24) is 4.98 Å². The largest absolute Gasteiger partial charge is 0.366 e. The summed E-state index contributed by atoms with van der Waals surface area (Å²) in [5, 5.41) is 3.93. The molecule has 0 bridgehead atoms. The number of H-pyrrole nitrogens is 1. The molecule has 28 heavy (non-hydrogen) atoms. The minimum absolute atomic E-state index is 0.298. The number of nitrogens with two attached hydrogens (primary N) is 1. The quantitative estimate of drug-likeness (QED) is 0.495. The Morgan fingerprint density at radius 3 is 2.46 bits per heavy atom. The zero-order valence-electron chi connectivity index (χ0n) is 15.3. The van der Waals surface area contributed by atoms with E-state index < -0.39 is 5.91 Å². The van der Waals surface area contributed by atoms with Crippen molar-refractivity contribution in [2.24, 2.45) is 5.73 Å². The lowest BCUT2D eigenvalue weighted by Crippen LogP contribution is -2.15. The van der Waals surface area contributed by atoms with Crippen molar-refractivity contribution < 1.29 is 9.59 Å². The van der Waals surface area contributed by atoms with Gasteiger partial charge in [-0.3, -0.25) is 9.59 Å². The Morgan fingerprint density at radius 2 is 1.68 bits per heavy atom. The lowest BCUT2D eigenvalue weighted by molar-refractivity contribution is 0.1000. The summed E-state index contributed by atoms with van der Waals surface area (Å²) in [4.78, 5) is 27.3. The molecule has 4 rings (SSSR count). The molecule has 0 aliphatic rings. The molecule has 4 N–H and O–H groups in total. The predicted octanol–water partition coefficient (Wildman–Crippen LogP) is 4.49. The topological polar surface area (TPSA) is 88.0 Å². The first-order valence-corrected chi connectivity index (χ1v) is 8.91. The lowest BCUT2D eigenvalue weighted by atomic mass is 10.1. The summed E-state index contributed by atoms with van der Waals surface area (Å²) in [6, 6.07) is 22.3. The van der Waals surface area contributed by atoms with Gasteiger partial charge < -0.3 is 16.0 Å². The second-order valence-corrected chi connectivity index (χ2v) is 6.70. The normalized spacial score (nSPS) is 10.8. The maximum absolute atomic E-state index is 12.5.